The Morgan fingerprint density at radius 2 is 1.71 bits per heavy atom. The summed E-state index contributed by atoms with van der Waals surface area (Å²) in [4.78, 5) is 0. The predicted octanol–water partition coefficient (Wildman–Crippen LogP) is 4.07. The number of aryl methyl sites for hydroxylation is 2. The molecule has 0 amide bonds. The second-order valence-electron chi connectivity index (χ2n) is 6.81. The second-order valence-corrected chi connectivity index (χ2v) is 6.81. The molecule has 0 unspecified atom stereocenters. The van der Waals surface area contributed by atoms with Gasteiger partial charge in [-0.05, 0) is 62.1 Å². The summed E-state index contributed by atoms with van der Waals surface area (Å²) in [6, 6.07) is 10.5. The van der Waals surface area contributed by atoms with E-state index in [0.29, 0.717) is 6.79 Å². The van der Waals surface area contributed by atoms with E-state index in [0.717, 1.165) is 34.9 Å². The number of benzene rings is 2. The van der Waals surface area contributed by atoms with Gasteiger partial charge >= 0.3 is 0 Å². The molecular formula is C20H25NO3. The van der Waals surface area contributed by atoms with Crippen molar-refractivity contribution in [3.05, 3.63) is 52.6 Å². The molecule has 128 valence electrons. The molecular weight excluding hydrogens is 302 g/mol. The van der Waals surface area contributed by atoms with Gasteiger partial charge in [0.2, 0.25) is 6.79 Å². The van der Waals surface area contributed by atoms with Crippen molar-refractivity contribution in [1.82, 2.24) is 5.32 Å². The highest BCUT2D eigenvalue weighted by atomic mass is 16.7. The Labute approximate surface area is 143 Å². The molecule has 0 atom stereocenters. The molecule has 1 N–H and O–H groups in total. The van der Waals surface area contributed by atoms with E-state index in [9.17, 15) is 0 Å². The molecule has 24 heavy (non-hydrogen) atoms. The van der Waals surface area contributed by atoms with E-state index in [1.54, 1.807) is 7.11 Å². The van der Waals surface area contributed by atoms with E-state index in [1.807, 2.05) is 6.07 Å². The lowest BCUT2D eigenvalue weighted by atomic mass is 9.93. The molecule has 4 heteroatoms. The second kappa shape index (κ2) is 6.36. The molecule has 0 spiro atoms. The summed E-state index contributed by atoms with van der Waals surface area (Å²) >= 11 is 0. The lowest BCUT2D eigenvalue weighted by Gasteiger charge is -2.27. The number of nitrogens with one attached hydrogen (secondary N) is 1. The Kier molecular flexibility index (Phi) is 4.41. The monoisotopic (exact) mass is 327 g/mol. The SMILES string of the molecule is COc1c(C)cc(CNC(C)(C)c2ccc3c(c2)OCO3)cc1C. The summed E-state index contributed by atoms with van der Waals surface area (Å²) in [7, 11) is 1.72. The largest absolute Gasteiger partial charge is 0.496 e. The molecule has 0 aromatic heterocycles. The third-order valence-corrected chi connectivity index (χ3v) is 4.55. The van der Waals surface area contributed by atoms with E-state index < -0.39 is 0 Å². The zero-order valence-corrected chi connectivity index (χ0v) is 15.0. The molecule has 0 saturated carbocycles. The number of ether oxygens (including phenoxy) is 3. The first-order valence-electron chi connectivity index (χ1n) is 8.20. The number of hydrogen-bond donors (Lipinski definition) is 1. The third kappa shape index (κ3) is 3.20. The van der Waals surface area contributed by atoms with Gasteiger partial charge in [-0.1, -0.05) is 18.2 Å². The minimum absolute atomic E-state index is 0.178. The molecule has 0 fully saturated rings. The Morgan fingerprint density at radius 1 is 1.04 bits per heavy atom. The van der Waals surface area contributed by atoms with Crippen molar-refractivity contribution in [2.45, 2.75) is 39.8 Å². The fourth-order valence-corrected chi connectivity index (χ4v) is 3.17. The smallest absolute Gasteiger partial charge is 0.231 e. The number of hydrogen-bond acceptors (Lipinski definition) is 4. The molecule has 4 nitrogen and oxygen atoms in total. The first kappa shape index (κ1) is 16.7. The predicted molar refractivity (Wildman–Crippen MR) is 94.9 cm³/mol. The van der Waals surface area contributed by atoms with Crippen molar-refractivity contribution in [2.24, 2.45) is 0 Å². The molecule has 2 aromatic rings. The van der Waals surface area contributed by atoms with Crippen LogP contribution >= 0.6 is 0 Å². The van der Waals surface area contributed by atoms with Crippen LogP contribution in [0.15, 0.2) is 30.3 Å². The van der Waals surface area contributed by atoms with Crippen molar-refractivity contribution in [3.8, 4) is 17.2 Å². The van der Waals surface area contributed by atoms with Crippen LogP contribution < -0.4 is 19.5 Å². The molecule has 0 bridgehead atoms. The van der Waals surface area contributed by atoms with Gasteiger partial charge in [0.05, 0.1) is 7.11 Å². The van der Waals surface area contributed by atoms with Crippen molar-refractivity contribution in [2.75, 3.05) is 13.9 Å². The maximum Gasteiger partial charge on any atom is 0.231 e. The summed E-state index contributed by atoms with van der Waals surface area (Å²) in [5, 5.41) is 3.64. The third-order valence-electron chi connectivity index (χ3n) is 4.55. The summed E-state index contributed by atoms with van der Waals surface area (Å²) in [6.45, 7) is 9.60. The van der Waals surface area contributed by atoms with Gasteiger partial charge in [-0.15, -0.1) is 0 Å². The Balaban J connectivity index is 1.75. The fourth-order valence-electron chi connectivity index (χ4n) is 3.17. The van der Waals surface area contributed by atoms with Crippen LogP contribution in [0.25, 0.3) is 0 Å². The first-order valence-corrected chi connectivity index (χ1v) is 8.20. The zero-order valence-electron chi connectivity index (χ0n) is 15.0. The normalized spacial score (nSPS) is 13.2. The molecule has 3 rings (SSSR count). The lowest BCUT2D eigenvalue weighted by molar-refractivity contribution is 0.174. The van der Waals surface area contributed by atoms with Crippen LogP contribution in [0, 0.1) is 13.8 Å². The Bertz CT molecular complexity index is 730. The van der Waals surface area contributed by atoms with Crippen molar-refractivity contribution >= 4 is 0 Å². The Morgan fingerprint density at radius 3 is 2.38 bits per heavy atom. The quantitative estimate of drug-likeness (QED) is 0.899. The van der Waals surface area contributed by atoms with Crippen LogP contribution in [0.3, 0.4) is 0 Å². The van der Waals surface area contributed by atoms with Gasteiger partial charge < -0.3 is 19.5 Å². The van der Waals surface area contributed by atoms with Crippen molar-refractivity contribution in [1.29, 1.82) is 0 Å². The minimum atomic E-state index is -0.178. The summed E-state index contributed by atoms with van der Waals surface area (Å²) in [5.74, 6) is 2.60. The zero-order chi connectivity index (χ0) is 17.3. The molecule has 0 saturated heterocycles. The summed E-state index contributed by atoms with van der Waals surface area (Å²) < 4.78 is 16.3. The van der Waals surface area contributed by atoms with Crippen LogP contribution in [-0.4, -0.2) is 13.9 Å². The van der Waals surface area contributed by atoms with E-state index in [4.69, 9.17) is 14.2 Å². The molecule has 1 aliphatic rings. The average molecular weight is 327 g/mol. The number of rotatable bonds is 5. The fraction of sp³-hybridized carbons (Fsp3) is 0.400. The van der Waals surface area contributed by atoms with Crippen LogP contribution in [0.4, 0.5) is 0 Å². The van der Waals surface area contributed by atoms with Gasteiger partial charge in [-0.2, -0.15) is 0 Å². The summed E-state index contributed by atoms with van der Waals surface area (Å²) in [6.07, 6.45) is 0. The average Bonchev–Trinajstić information content (AvgIpc) is 3.00. The van der Waals surface area contributed by atoms with Crippen LogP contribution in [0.1, 0.15) is 36.1 Å². The molecule has 0 radical (unpaired) electrons. The van der Waals surface area contributed by atoms with Gasteiger partial charge in [0, 0.05) is 12.1 Å². The van der Waals surface area contributed by atoms with Crippen molar-refractivity contribution in [3.63, 3.8) is 0 Å². The van der Waals surface area contributed by atoms with E-state index in [2.05, 4.69) is 57.3 Å². The van der Waals surface area contributed by atoms with Gasteiger partial charge in [0.1, 0.15) is 5.75 Å². The summed E-state index contributed by atoms with van der Waals surface area (Å²) in [5.41, 5.74) is 4.57. The van der Waals surface area contributed by atoms with E-state index in [1.165, 1.54) is 11.1 Å². The standard InChI is InChI=1S/C20H25NO3/c1-13-8-15(9-14(2)19(13)22-5)11-21-20(3,4)16-6-7-17-18(10-16)24-12-23-17/h6-10,21H,11-12H2,1-5H3. The van der Waals surface area contributed by atoms with Crippen LogP contribution in [0.5, 0.6) is 17.2 Å². The van der Waals surface area contributed by atoms with Crippen LogP contribution in [-0.2, 0) is 12.1 Å². The maximum atomic E-state index is 5.49. The lowest BCUT2D eigenvalue weighted by Crippen LogP contribution is -2.36. The maximum absolute atomic E-state index is 5.49. The van der Waals surface area contributed by atoms with E-state index >= 15 is 0 Å². The number of methoxy groups -OCH3 is 1. The highest BCUT2D eigenvalue weighted by Gasteiger charge is 2.23. The van der Waals surface area contributed by atoms with E-state index in [-0.39, 0.29) is 5.54 Å². The highest BCUT2D eigenvalue weighted by Crippen LogP contribution is 2.35. The van der Waals surface area contributed by atoms with Gasteiger partial charge in [0.25, 0.3) is 0 Å². The highest BCUT2D eigenvalue weighted by molar-refractivity contribution is 5.46. The first-order chi connectivity index (χ1) is 11.4. The molecule has 2 aromatic carbocycles. The van der Waals surface area contributed by atoms with Gasteiger partial charge in [-0.25, -0.2) is 0 Å². The van der Waals surface area contributed by atoms with Gasteiger partial charge in [0.15, 0.2) is 11.5 Å². The minimum Gasteiger partial charge on any atom is -0.496 e. The number of fused-ring (bicyclic) bond motifs is 1. The topological polar surface area (TPSA) is 39.7 Å². The van der Waals surface area contributed by atoms with Crippen molar-refractivity contribution < 1.29 is 14.2 Å². The molecule has 1 heterocycles. The Hall–Kier alpha value is -2.20. The molecule has 1 aliphatic heterocycles. The molecule has 0 aliphatic carbocycles. The van der Waals surface area contributed by atoms with Crippen LogP contribution in [0.2, 0.25) is 0 Å². The van der Waals surface area contributed by atoms with Gasteiger partial charge in [-0.3, -0.25) is 0 Å².